The Morgan fingerprint density at radius 3 is 2.55 bits per heavy atom. The van der Waals surface area contributed by atoms with Crippen molar-refractivity contribution in [1.29, 1.82) is 5.41 Å². The van der Waals surface area contributed by atoms with Crippen molar-refractivity contribution in [2.24, 2.45) is 5.84 Å². The van der Waals surface area contributed by atoms with Crippen molar-refractivity contribution in [3.05, 3.63) is 47.7 Å². The highest BCUT2D eigenvalue weighted by molar-refractivity contribution is 6.04. The molecule has 7 heteroatoms. The molecule has 7 nitrogen and oxygen atoms in total. The third-order valence-corrected chi connectivity index (χ3v) is 5.36. The van der Waals surface area contributed by atoms with E-state index in [2.05, 4.69) is 34.1 Å². The number of hydrogen-bond donors (Lipinski definition) is 3. The van der Waals surface area contributed by atoms with E-state index < -0.39 is 0 Å². The molecule has 1 aliphatic rings. The van der Waals surface area contributed by atoms with Crippen molar-refractivity contribution >= 4 is 11.5 Å². The van der Waals surface area contributed by atoms with E-state index in [0.717, 1.165) is 50.4 Å². The van der Waals surface area contributed by atoms with Gasteiger partial charge in [-0.25, -0.2) is 9.99 Å². The van der Waals surface area contributed by atoms with Gasteiger partial charge in [0.05, 0.1) is 25.5 Å². The highest BCUT2D eigenvalue weighted by atomic mass is 16.5. The van der Waals surface area contributed by atoms with Crippen LogP contribution in [0.15, 0.2) is 36.5 Å². The van der Waals surface area contributed by atoms with Gasteiger partial charge < -0.3 is 15.9 Å². The fraction of sp³-hybridized carbons (Fsp3) is 0.455. The maximum Gasteiger partial charge on any atom is 0.132 e. The van der Waals surface area contributed by atoms with Crippen LogP contribution in [0.2, 0.25) is 0 Å². The van der Waals surface area contributed by atoms with Gasteiger partial charge in [-0.1, -0.05) is 24.3 Å². The molecule has 2 heterocycles. The molecular weight excluding hydrogens is 364 g/mol. The summed E-state index contributed by atoms with van der Waals surface area (Å²) in [4.78, 5) is 6.75. The van der Waals surface area contributed by atoms with Crippen molar-refractivity contribution in [1.82, 2.24) is 14.9 Å². The Hall–Kier alpha value is -2.32. The molecule has 0 atom stereocenters. The average Bonchev–Trinajstić information content (AvgIpc) is 2.73. The number of nitrogen functional groups attached to an aromatic ring is 1. The maximum absolute atomic E-state index is 8.38. The van der Waals surface area contributed by atoms with Crippen molar-refractivity contribution in [3.63, 3.8) is 0 Å². The van der Waals surface area contributed by atoms with Crippen LogP contribution in [0.1, 0.15) is 25.0 Å². The van der Waals surface area contributed by atoms with Crippen LogP contribution in [0.5, 0.6) is 0 Å². The predicted molar refractivity (Wildman–Crippen MR) is 118 cm³/mol. The zero-order valence-corrected chi connectivity index (χ0v) is 17.4. The third-order valence-electron chi connectivity index (χ3n) is 5.36. The first-order valence-electron chi connectivity index (χ1n) is 10.2. The van der Waals surface area contributed by atoms with Crippen LogP contribution in [0.4, 0.5) is 5.82 Å². The lowest BCUT2D eigenvalue weighted by molar-refractivity contribution is 0.0384. The fourth-order valence-electron chi connectivity index (χ4n) is 3.30. The number of nitrogens with two attached hydrogens (primary N) is 2. The molecule has 1 fully saturated rings. The van der Waals surface area contributed by atoms with Gasteiger partial charge in [0.2, 0.25) is 0 Å². The summed E-state index contributed by atoms with van der Waals surface area (Å²) < 4.78 is 5.40. The quantitative estimate of drug-likeness (QED) is 0.359. The summed E-state index contributed by atoms with van der Waals surface area (Å²) in [7, 11) is 0. The summed E-state index contributed by atoms with van der Waals surface area (Å²) in [5.74, 6) is 6.33. The Balaban J connectivity index is 1.67. The van der Waals surface area contributed by atoms with E-state index >= 15 is 0 Å². The molecule has 29 heavy (non-hydrogen) atoms. The number of nitrogens with zero attached hydrogens (tertiary/aromatic N) is 3. The topological polar surface area (TPSA) is 104 Å². The number of pyridine rings is 1. The first-order chi connectivity index (χ1) is 13.9. The molecule has 1 saturated heterocycles. The molecule has 0 amide bonds. The highest BCUT2D eigenvalue weighted by Crippen LogP contribution is 2.23. The third kappa shape index (κ3) is 5.83. The molecule has 3 rings (SSSR count). The van der Waals surface area contributed by atoms with Crippen LogP contribution < -0.4 is 11.6 Å². The van der Waals surface area contributed by atoms with Crippen LogP contribution >= 0.6 is 0 Å². The number of nitrogens with one attached hydrogen (secondary N) is 1. The predicted octanol–water partition coefficient (Wildman–Crippen LogP) is 2.16. The van der Waals surface area contributed by atoms with Gasteiger partial charge in [0.15, 0.2) is 0 Å². The monoisotopic (exact) mass is 396 g/mol. The minimum atomic E-state index is 0.151. The second-order valence-corrected chi connectivity index (χ2v) is 7.80. The Morgan fingerprint density at radius 2 is 1.90 bits per heavy atom. The molecule has 1 aromatic heterocycles. The van der Waals surface area contributed by atoms with Gasteiger partial charge in [-0.05, 0) is 37.5 Å². The number of hydrazine groups is 1. The minimum Gasteiger partial charge on any atom is -0.383 e. The minimum absolute atomic E-state index is 0.151. The standard InChI is InChI=1S/C22H32N6O/c1-16(2)28(25)15-21(23)20-13-19(14-26-22(20)24)18-5-3-17(4-6-18)7-8-27-9-11-29-12-10-27/h3-6,13-14,16,23H,7-12,15,25H2,1-2H3,(H2,24,26). The van der Waals surface area contributed by atoms with Crippen LogP contribution in [0.25, 0.3) is 11.1 Å². The van der Waals surface area contributed by atoms with Crippen LogP contribution in [-0.2, 0) is 11.2 Å². The molecule has 0 aliphatic carbocycles. The van der Waals surface area contributed by atoms with E-state index in [1.807, 2.05) is 19.9 Å². The molecule has 0 saturated carbocycles. The lowest BCUT2D eigenvalue weighted by Gasteiger charge is -2.26. The van der Waals surface area contributed by atoms with E-state index in [4.69, 9.17) is 21.7 Å². The number of ether oxygens (including phenoxy) is 1. The molecule has 0 radical (unpaired) electrons. The number of aromatic nitrogens is 1. The SMILES string of the molecule is CC(C)N(N)CC(=N)c1cc(-c2ccc(CCN3CCOCC3)cc2)cnc1N. The molecule has 2 aromatic rings. The summed E-state index contributed by atoms with van der Waals surface area (Å²) in [6, 6.07) is 10.6. The molecule has 0 spiro atoms. The lowest BCUT2D eigenvalue weighted by atomic mass is 10.0. The van der Waals surface area contributed by atoms with E-state index in [0.29, 0.717) is 23.6 Å². The summed E-state index contributed by atoms with van der Waals surface area (Å²) >= 11 is 0. The van der Waals surface area contributed by atoms with Crippen LogP contribution in [0.3, 0.4) is 0 Å². The molecule has 1 aliphatic heterocycles. The first-order valence-corrected chi connectivity index (χ1v) is 10.2. The maximum atomic E-state index is 8.38. The van der Waals surface area contributed by atoms with Crippen LogP contribution in [-0.4, -0.2) is 66.0 Å². The summed E-state index contributed by atoms with van der Waals surface area (Å²) in [6.45, 7) is 9.06. The van der Waals surface area contributed by atoms with Gasteiger partial charge in [-0.2, -0.15) is 0 Å². The van der Waals surface area contributed by atoms with E-state index in [-0.39, 0.29) is 6.04 Å². The Kier molecular flexibility index (Phi) is 7.33. The smallest absolute Gasteiger partial charge is 0.132 e. The normalized spacial score (nSPS) is 15.2. The average molecular weight is 397 g/mol. The Bertz CT molecular complexity index is 815. The van der Waals surface area contributed by atoms with E-state index in [1.165, 1.54) is 5.56 Å². The van der Waals surface area contributed by atoms with Crippen LogP contribution in [0, 0.1) is 5.41 Å². The van der Waals surface area contributed by atoms with Crippen molar-refractivity contribution in [2.75, 3.05) is 45.1 Å². The number of anilines is 1. The van der Waals surface area contributed by atoms with Gasteiger partial charge in [-0.3, -0.25) is 10.7 Å². The van der Waals surface area contributed by atoms with Crippen molar-refractivity contribution in [3.8, 4) is 11.1 Å². The van der Waals surface area contributed by atoms with Gasteiger partial charge in [0, 0.05) is 43.0 Å². The zero-order valence-electron chi connectivity index (χ0n) is 17.4. The molecular formula is C22H32N6O. The summed E-state index contributed by atoms with van der Waals surface area (Å²) in [6.07, 6.45) is 2.79. The Morgan fingerprint density at radius 1 is 1.21 bits per heavy atom. The number of hydrogen-bond acceptors (Lipinski definition) is 7. The van der Waals surface area contributed by atoms with Crippen molar-refractivity contribution < 1.29 is 4.74 Å². The van der Waals surface area contributed by atoms with E-state index in [9.17, 15) is 0 Å². The molecule has 0 unspecified atom stereocenters. The molecule has 0 bridgehead atoms. The molecule has 156 valence electrons. The van der Waals surface area contributed by atoms with Gasteiger partial charge in [0.1, 0.15) is 5.82 Å². The molecule has 5 N–H and O–H groups in total. The zero-order chi connectivity index (χ0) is 20.8. The largest absolute Gasteiger partial charge is 0.383 e. The van der Waals surface area contributed by atoms with Gasteiger partial charge >= 0.3 is 0 Å². The molecule has 1 aromatic carbocycles. The van der Waals surface area contributed by atoms with Gasteiger partial charge in [0.25, 0.3) is 0 Å². The number of morpholine rings is 1. The second-order valence-electron chi connectivity index (χ2n) is 7.80. The van der Waals surface area contributed by atoms with Gasteiger partial charge in [-0.15, -0.1) is 0 Å². The van der Waals surface area contributed by atoms with Crippen molar-refractivity contribution in [2.45, 2.75) is 26.3 Å². The summed E-state index contributed by atoms with van der Waals surface area (Å²) in [5.41, 5.74) is 10.4. The number of benzene rings is 1. The Labute approximate surface area is 173 Å². The second kappa shape index (κ2) is 9.93. The lowest BCUT2D eigenvalue weighted by Crippen LogP contribution is -2.41. The summed E-state index contributed by atoms with van der Waals surface area (Å²) in [5, 5.41) is 10.0. The van der Waals surface area contributed by atoms with E-state index in [1.54, 1.807) is 11.2 Å². The first kappa shape index (κ1) is 21.4. The number of rotatable bonds is 8. The fourth-order valence-corrected chi connectivity index (χ4v) is 3.30. The highest BCUT2D eigenvalue weighted by Gasteiger charge is 2.14.